The second kappa shape index (κ2) is 4.13. The van der Waals surface area contributed by atoms with Crippen LogP contribution >= 0.6 is 27.3 Å². The van der Waals surface area contributed by atoms with Crippen LogP contribution in [-0.4, -0.2) is 5.91 Å². The molecule has 1 aromatic heterocycles. The predicted molar refractivity (Wildman–Crippen MR) is 75.0 cm³/mol. The molecule has 1 aliphatic rings. The number of hydrogen-bond acceptors (Lipinski definition) is 2. The van der Waals surface area contributed by atoms with Crippen LogP contribution in [0.2, 0.25) is 0 Å². The van der Waals surface area contributed by atoms with Crippen LogP contribution in [-0.2, 0) is 4.79 Å². The van der Waals surface area contributed by atoms with E-state index >= 15 is 0 Å². The van der Waals surface area contributed by atoms with Crippen LogP contribution in [0.5, 0.6) is 0 Å². The minimum Gasteiger partial charge on any atom is -0.321 e. The van der Waals surface area contributed by atoms with Gasteiger partial charge >= 0.3 is 0 Å². The van der Waals surface area contributed by atoms with E-state index in [-0.39, 0.29) is 5.91 Å². The van der Waals surface area contributed by atoms with Gasteiger partial charge < -0.3 is 5.32 Å². The van der Waals surface area contributed by atoms with Gasteiger partial charge in [-0.1, -0.05) is 18.2 Å². The molecule has 2 aromatic rings. The Balaban J connectivity index is 2.13. The van der Waals surface area contributed by atoms with Crippen LogP contribution < -0.4 is 5.32 Å². The number of carbonyl (C=O) groups is 1. The lowest BCUT2D eigenvalue weighted by atomic mass is 10.1. The Hall–Kier alpha value is -1.39. The van der Waals surface area contributed by atoms with Crippen LogP contribution in [0.15, 0.2) is 39.5 Å². The molecule has 0 unspecified atom stereocenters. The van der Waals surface area contributed by atoms with Crippen molar-refractivity contribution in [3.8, 4) is 0 Å². The van der Waals surface area contributed by atoms with Crippen molar-refractivity contribution in [1.82, 2.24) is 0 Å². The molecule has 84 valence electrons. The Bertz CT molecular complexity index is 630. The van der Waals surface area contributed by atoms with E-state index in [0.717, 1.165) is 26.9 Å². The predicted octanol–water partition coefficient (Wildman–Crippen LogP) is 4.00. The van der Waals surface area contributed by atoms with Crippen LogP contribution in [0.25, 0.3) is 11.6 Å². The maximum atomic E-state index is 11.9. The van der Waals surface area contributed by atoms with Gasteiger partial charge in [-0.15, -0.1) is 0 Å². The van der Waals surface area contributed by atoms with E-state index in [9.17, 15) is 4.79 Å². The fourth-order valence-electron chi connectivity index (χ4n) is 1.83. The zero-order valence-corrected chi connectivity index (χ0v) is 11.1. The number of para-hydroxylation sites is 1. The number of nitrogens with one attached hydrogen (secondary N) is 1. The van der Waals surface area contributed by atoms with Gasteiger partial charge in [0.15, 0.2) is 0 Å². The molecule has 0 saturated heterocycles. The van der Waals surface area contributed by atoms with Gasteiger partial charge in [-0.3, -0.25) is 4.79 Å². The summed E-state index contributed by atoms with van der Waals surface area (Å²) in [6.07, 6.45) is 1.92. The van der Waals surface area contributed by atoms with Crippen molar-refractivity contribution in [1.29, 1.82) is 0 Å². The van der Waals surface area contributed by atoms with Crippen LogP contribution in [0.3, 0.4) is 0 Å². The molecular formula is C13H8BrNOS. The highest BCUT2D eigenvalue weighted by molar-refractivity contribution is 9.10. The maximum absolute atomic E-state index is 11.9. The lowest BCUT2D eigenvalue weighted by Gasteiger charge is -1.96. The topological polar surface area (TPSA) is 29.1 Å². The van der Waals surface area contributed by atoms with Crippen molar-refractivity contribution in [2.75, 3.05) is 5.32 Å². The summed E-state index contributed by atoms with van der Waals surface area (Å²) in [7, 11) is 0. The van der Waals surface area contributed by atoms with E-state index in [1.807, 2.05) is 41.1 Å². The van der Waals surface area contributed by atoms with Gasteiger partial charge in [0.2, 0.25) is 0 Å². The third kappa shape index (κ3) is 1.83. The summed E-state index contributed by atoms with van der Waals surface area (Å²) in [6.45, 7) is 0. The van der Waals surface area contributed by atoms with Gasteiger partial charge in [-0.05, 0) is 33.5 Å². The minimum absolute atomic E-state index is 0.0377. The standard InChI is InChI=1S/C13H8BrNOS/c14-11-7-17-6-8(11)5-10-9-3-1-2-4-12(9)15-13(10)16/h1-7H,(H,15,16)/b10-5-. The Morgan fingerprint density at radius 3 is 2.82 bits per heavy atom. The second-order valence-electron chi connectivity index (χ2n) is 3.73. The Morgan fingerprint density at radius 1 is 1.24 bits per heavy atom. The molecule has 0 saturated carbocycles. The highest BCUT2D eigenvalue weighted by atomic mass is 79.9. The first-order valence-electron chi connectivity index (χ1n) is 5.10. The second-order valence-corrected chi connectivity index (χ2v) is 5.33. The normalized spacial score (nSPS) is 16.1. The maximum Gasteiger partial charge on any atom is 0.256 e. The van der Waals surface area contributed by atoms with Crippen molar-refractivity contribution >= 4 is 50.5 Å². The molecule has 3 rings (SSSR count). The molecule has 0 atom stereocenters. The van der Waals surface area contributed by atoms with E-state index in [1.165, 1.54) is 0 Å². The number of fused-ring (bicyclic) bond motifs is 1. The van der Waals surface area contributed by atoms with E-state index in [0.29, 0.717) is 0 Å². The average Bonchev–Trinajstić information content (AvgIpc) is 2.85. The highest BCUT2D eigenvalue weighted by Gasteiger charge is 2.23. The molecule has 1 N–H and O–H groups in total. The van der Waals surface area contributed by atoms with E-state index < -0.39 is 0 Å². The molecule has 1 aliphatic heterocycles. The summed E-state index contributed by atoms with van der Waals surface area (Å²) < 4.78 is 1.02. The van der Waals surface area contributed by atoms with E-state index in [1.54, 1.807) is 11.3 Å². The molecule has 2 nitrogen and oxygen atoms in total. The quantitative estimate of drug-likeness (QED) is 0.793. The van der Waals surface area contributed by atoms with E-state index in [2.05, 4.69) is 21.2 Å². The largest absolute Gasteiger partial charge is 0.321 e. The number of hydrogen-bond donors (Lipinski definition) is 1. The molecule has 2 heterocycles. The third-order valence-electron chi connectivity index (χ3n) is 2.65. The summed E-state index contributed by atoms with van der Waals surface area (Å²) in [5.74, 6) is -0.0377. The molecule has 1 aromatic carbocycles. The molecule has 0 radical (unpaired) electrons. The van der Waals surface area contributed by atoms with Gasteiger partial charge in [0.25, 0.3) is 5.91 Å². The smallest absolute Gasteiger partial charge is 0.256 e. The first-order chi connectivity index (χ1) is 8.25. The highest BCUT2D eigenvalue weighted by Crippen LogP contribution is 2.34. The average molecular weight is 306 g/mol. The minimum atomic E-state index is -0.0377. The van der Waals surface area contributed by atoms with Crippen LogP contribution in [0.1, 0.15) is 11.1 Å². The molecule has 4 heteroatoms. The van der Waals surface area contributed by atoms with Gasteiger partial charge in [0.1, 0.15) is 0 Å². The number of rotatable bonds is 1. The summed E-state index contributed by atoms with van der Waals surface area (Å²) in [5.41, 5.74) is 3.61. The van der Waals surface area contributed by atoms with Crippen molar-refractivity contribution in [3.63, 3.8) is 0 Å². The van der Waals surface area contributed by atoms with Crippen molar-refractivity contribution < 1.29 is 4.79 Å². The third-order valence-corrected chi connectivity index (χ3v) is 4.40. The lowest BCUT2D eigenvalue weighted by Crippen LogP contribution is -2.03. The fraction of sp³-hybridized carbons (Fsp3) is 0. The Labute approximate surface area is 111 Å². The fourth-order valence-corrected chi connectivity index (χ4v) is 3.20. The van der Waals surface area contributed by atoms with Crippen molar-refractivity contribution in [2.45, 2.75) is 0 Å². The molecule has 0 spiro atoms. The van der Waals surface area contributed by atoms with Crippen molar-refractivity contribution in [3.05, 3.63) is 50.6 Å². The number of carbonyl (C=O) groups excluding carboxylic acids is 1. The van der Waals surface area contributed by atoms with Gasteiger partial charge in [0.05, 0.1) is 0 Å². The SMILES string of the molecule is O=C1Nc2ccccc2/C1=C/c1cscc1Br. The molecular weight excluding hydrogens is 298 g/mol. The van der Waals surface area contributed by atoms with Crippen LogP contribution in [0.4, 0.5) is 5.69 Å². The number of amides is 1. The number of thiophene rings is 1. The summed E-state index contributed by atoms with van der Waals surface area (Å²) >= 11 is 5.08. The van der Waals surface area contributed by atoms with Gasteiger partial charge in [-0.25, -0.2) is 0 Å². The number of anilines is 1. The summed E-state index contributed by atoms with van der Waals surface area (Å²) in [6, 6.07) is 7.73. The Morgan fingerprint density at radius 2 is 2.06 bits per heavy atom. The molecule has 1 amide bonds. The first kappa shape index (κ1) is 10.7. The number of halogens is 1. The van der Waals surface area contributed by atoms with Gasteiger partial charge in [-0.2, -0.15) is 11.3 Å². The lowest BCUT2D eigenvalue weighted by molar-refractivity contribution is -0.110. The zero-order chi connectivity index (χ0) is 11.8. The Kier molecular flexibility index (Phi) is 2.61. The zero-order valence-electron chi connectivity index (χ0n) is 8.74. The first-order valence-corrected chi connectivity index (χ1v) is 6.83. The monoisotopic (exact) mass is 305 g/mol. The number of benzene rings is 1. The van der Waals surface area contributed by atoms with E-state index in [4.69, 9.17) is 0 Å². The molecule has 0 fully saturated rings. The van der Waals surface area contributed by atoms with Crippen LogP contribution in [0, 0.1) is 0 Å². The molecule has 17 heavy (non-hydrogen) atoms. The molecule has 0 aliphatic carbocycles. The van der Waals surface area contributed by atoms with Crippen molar-refractivity contribution in [2.24, 2.45) is 0 Å². The summed E-state index contributed by atoms with van der Waals surface area (Å²) in [5, 5.41) is 6.88. The summed E-state index contributed by atoms with van der Waals surface area (Å²) in [4.78, 5) is 11.9. The molecule has 0 bridgehead atoms. The van der Waals surface area contributed by atoms with Gasteiger partial charge in [0, 0.05) is 32.2 Å².